The van der Waals surface area contributed by atoms with Gasteiger partial charge in [0, 0.05) is 13.5 Å². The summed E-state index contributed by atoms with van der Waals surface area (Å²) in [6, 6.07) is 18.5. The second-order valence-corrected chi connectivity index (χ2v) is 9.23. The molecule has 208 valence electrons. The van der Waals surface area contributed by atoms with Gasteiger partial charge in [0.05, 0.1) is 18.8 Å². The fourth-order valence-corrected chi connectivity index (χ4v) is 3.98. The number of hydrogen-bond acceptors (Lipinski definition) is 6. The van der Waals surface area contributed by atoms with Crippen molar-refractivity contribution in [1.29, 1.82) is 5.26 Å². The molecule has 4 atom stereocenters. The summed E-state index contributed by atoms with van der Waals surface area (Å²) in [4.78, 5) is 23.6. The Morgan fingerprint density at radius 1 is 1.21 bits per heavy atom. The van der Waals surface area contributed by atoms with Crippen molar-refractivity contribution in [3.63, 3.8) is 0 Å². The van der Waals surface area contributed by atoms with E-state index in [0.717, 1.165) is 41.6 Å². The second kappa shape index (κ2) is 20.5. The van der Waals surface area contributed by atoms with Gasteiger partial charge in [0.15, 0.2) is 0 Å². The van der Waals surface area contributed by atoms with Crippen LogP contribution in [0.3, 0.4) is 0 Å². The van der Waals surface area contributed by atoms with Crippen molar-refractivity contribution >= 4 is 12.2 Å². The maximum absolute atomic E-state index is 13.1. The average Bonchev–Trinajstić information content (AvgIpc) is 2.93. The SMILES string of the molecule is CCC(C)[C@H](OC[C@@H](CCNC)OC)C(=O)N[C@H](C#N)Cc1ccc(-c2cc[c-]c(CC[C-]=O)c2)cc1.[CH3-].[Li+]. The topological polar surface area (TPSA) is 100 Å². The van der Waals surface area contributed by atoms with Crippen molar-refractivity contribution in [2.24, 2.45) is 5.92 Å². The molecule has 1 amide bonds. The number of nitrogens with zero attached hydrogens (tertiary/aromatic N) is 1. The van der Waals surface area contributed by atoms with Crippen LogP contribution in [-0.2, 0) is 31.9 Å². The van der Waals surface area contributed by atoms with Gasteiger partial charge in [-0.3, -0.25) is 11.1 Å². The second-order valence-electron chi connectivity index (χ2n) is 9.23. The monoisotopic (exact) mass is 527 g/mol. The summed E-state index contributed by atoms with van der Waals surface area (Å²) in [6.07, 6.45) is 4.06. The van der Waals surface area contributed by atoms with Crippen molar-refractivity contribution in [2.45, 2.75) is 64.2 Å². The van der Waals surface area contributed by atoms with Gasteiger partial charge in [0.1, 0.15) is 12.1 Å². The number of nitrogens with one attached hydrogen (secondary N) is 2. The molecule has 8 heteroatoms. The van der Waals surface area contributed by atoms with Gasteiger partial charge in [-0.2, -0.15) is 41.5 Å². The molecule has 0 heterocycles. The molecule has 7 nitrogen and oxygen atoms in total. The van der Waals surface area contributed by atoms with E-state index in [9.17, 15) is 14.9 Å². The van der Waals surface area contributed by atoms with Crippen LogP contribution in [0.2, 0.25) is 0 Å². The van der Waals surface area contributed by atoms with Gasteiger partial charge in [-0.15, -0.1) is 5.56 Å². The van der Waals surface area contributed by atoms with E-state index in [1.165, 1.54) is 0 Å². The molecule has 2 aromatic rings. The Hall–Kier alpha value is -2.45. The Morgan fingerprint density at radius 3 is 2.51 bits per heavy atom. The van der Waals surface area contributed by atoms with Gasteiger partial charge in [0.25, 0.3) is 0 Å². The van der Waals surface area contributed by atoms with Gasteiger partial charge in [0.2, 0.25) is 5.91 Å². The zero-order valence-electron chi connectivity index (χ0n) is 24.4. The van der Waals surface area contributed by atoms with Gasteiger partial charge in [-0.1, -0.05) is 51.0 Å². The Bertz CT molecular complexity index is 1010. The number of aryl methyl sites for hydroxylation is 1. The molecular formula is C31H42LiN3O4-2. The normalized spacial score (nSPS) is 13.5. The molecule has 0 fully saturated rings. The third-order valence-corrected chi connectivity index (χ3v) is 6.49. The van der Waals surface area contributed by atoms with Crippen LogP contribution in [0.25, 0.3) is 11.1 Å². The summed E-state index contributed by atoms with van der Waals surface area (Å²) in [7, 11) is 3.52. The van der Waals surface area contributed by atoms with Gasteiger partial charge in [-0.05, 0) is 37.1 Å². The molecule has 0 aliphatic heterocycles. The molecule has 0 spiro atoms. The minimum absolute atomic E-state index is 0. The molecule has 2 rings (SSSR count). The molecule has 0 aliphatic rings. The van der Waals surface area contributed by atoms with Crippen molar-refractivity contribution < 1.29 is 37.9 Å². The summed E-state index contributed by atoms with van der Waals surface area (Å²) < 4.78 is 11.5. The smallest absolute Gasteiger partial charge is 0.542 e. The Labute approximate surface area is 247 Å². The molecule has 0 radical (unpaired) electrons. The van der Waals surface area contributed by atoms with Crippen LogP contribution >= 0.6 is 0 Å². The number of hydrogen-bond donors (Lipinski definition) is 2. The largest absolute Gasteiger partial charge is 1.00 e. The molecule has 2 aromatic carbocycles. The molecule has 1 unspecified atom stereocenters. The molecular weight excluding hydrogens is 485 g/mol. The Morgan fingerprint density at radius 2 is 1.92 bits per heavy atom. The van der Waals surface area contributed by atoms with Crippen LogP contribution in [0, 0.1) is 30.7 Å². The maximum Gasteiger partial charge on any atom is 1.00 e. The van der Waals surface area contributed by atoms with E-state index in [4.69, 9.17) is 9.47 Å². The molecule has 0 saturated heterocycles. The number of benzene rings is 2. The first-order valence-electron chi connectivity index (χ1n) is 12.9. The third kappa shape index (κ3) is 12.5. The molecule has 0 aromatic heterocycles. The van der Waals surface area contributed by atoms with E-state index in [2.05, 4.69) is 22.8 Å². The summed E-state index contributed by atoms with van der Waals surface area (Å²) in [6.45, 7) is 5.09. The zero-order valence-corrected chi connectivity index (χ0v) is 24.4. The van der Waals surface area contributed by atoms with Gasteiger partial charge in [-0.25, -0.2) is 0 Å². The van der Waals surface area contributed by atoms with Gasteiger partial charge >= 0.3 is 18.9 Å². The first kappa shape index (κ1) is 36.5. The van der Waals surface area contributed by atoms with Gasteiger partial charge < -0.3 is 32.3 Å². The minimum Gasteiger partial charge on any atom is -0.542 e. The standard InChI is InChI=1S/C30H39N3O4.CH3.Li/c1-5-22(2)29(37-21-28(36-4)15-16-32-3)30(35)33-27(20-31)19-24-11-13-25(14-12-24)26-10-6-8-23(18-26)9-7-17-34;;/h6,10-14,18,22,27-29,32H,5,7,9,15-16,19,21H2,1-4H3,(H,33,35);1H3;/q-2;-1;+1/t22?,27-,28+,29-;;/m0../s1. The number of carbonyl (C=O) groups excluding carboxylic acids is 2. The summed E-state index contributed by atoms with van der Waals surface area (Å²) in [5, 5.41) is 15.7. The number of carbonyl (C=O) groups is 1. The average molecular weight is 528 g/mol. The predicted octanol–water partition coefficient (Wildman–Crippen LogP) is 1.26. The Kier molecular flexibility index (Phi) is 19.2. The van der Waals surface area contributed by atoms with Crippen LogP contribution < -0.4 is 29.5 Å². The fraction of sp³-hybridized carbons (Fsp3) is 0.484. The zero-order chi connectivity index (χ0) is 27.0. The number of rotatable bonds is 17. The number of ether oxygens (including phenoxy) is 2. The predicted molar refractivity (Wildman–Crippen MR) is 151 cm³/mol. The van der Waals surface area contributed by atoms with E-state index in [1.54, 1.807) is 7.11 Å². The van der Waals surface area contributed by atoms with Crippen LogP contribution in [0.5, 0.6) is 0 Å². The van der Waals surface area contributed by atoms with Crippen molar-refractivity contribution in [1.82, 2.24) is 10.6 Å². The number of nitriles is 1. The molecule has 0 saturated carbocycles. The van der Waals surface area contributed by atoms with E-state index in [0.29, 0.717) is 25.9 Å². The maximum atomic E-state index is 13.1. The first-order valence-corrected chi connectivity index (χ1v) is 12.9. The van der Waals surface area contributed by atoms with Crippen molar-refractivity contribution in [3.05, 3.63) is 67.1 Å². The molecule has 0 bridgehead atoms. The molecule has 0 aliphatic carbocycles. The van der Waals surface area contributed by atoms with Crippen LogP contribution in [-0.4, -0.2) is 57.8 Å². The number of methoxy groups -OCH3 is 1. The van der Waals surface area contributed by atoms with Crippen LogP contribution in [0.1, 0.15) is 44.2 Å². The summed E-state index contributed by atoms with van der Waals surface area (Å²) >= 11 is 0. The fourth-order valence-electron chi connectivity index (χ4n) is 3.98. The van der Waals surface area contributed by atoms with Crippen LogP contribution in [0.15, 0.2) is 42.5 Å². The summed E-state index contributed by atoms with van der Waals surface area (Å²) in [5.41, 5.74) is 3.98. The van der Waals surface area contributed by atoms with E-state index >= 15 is 0 Å². The van der Waals surface area contributed by atoms with E-state index in [-0.39, 0.29) is 44.2 Å². The third-order valence-electron chi connectivity index (χ3n) is 6.49. The minimum atomic E-state index is -0.673. The quantitative estimate of drug-likeness (QED) is 0.237. The van der Waals surface area contributed by atoms with Crippen molar-refractivity contribution in [3.8, 4) is 17.2 Å². The summed E-state index contributed by atoms with van der Waals surface area (Å²) in [5.74, 6) is -0.278. The van der Waals surface area contributed by atoms with Crippen LogP contribution in [0.4, 0.5) is 0 Å². The van der Waals surface area contributed by atoms with E-state index in [1.807, 2.05) is 69.6 Å². The molecule has 39 heavy (non-hydrogen) atoms. The van der Waals surface area contributed by atoms with Crippen molar-refractivity contribution in [2.75, 3.05) is 27.3 Å². The first-order chi connectivity index (χ1) is 17.9. The van der Waals surface area contributed by atoms with E-state index < -0.39 is 12.1 Å². The molecule has 2 N–H and O–H groups in total. The Balaban J connectivity index is 0.00000722. The number of amides is 1.